The molecule has 0 aromatic heterocycles. The summed E-state index contributed by atoms with van der Waals surface area (Å²) in [6, 6.07) is 15.6. The lowest BCUT2D eigenvalue weighted by Gasteiger charge is -2.19. The fourth-order valence-electron chi connectivity index (χ4n) is 2.43. The highest BCUT2D eigenvalue weighted by atomic mass is 35.5. The summed E-state index contributed by atoms with van der Waals surface area (Å²) in [4.78, 5) is 0. The normalized spacial score (nSPS) is 13.6. The van der Waals surface area contributed by atoms with Gasteiger partial charge in [-0.2, -0.15) is 0 Å². The Balaban J connectivity index is 1.90. The second-order valence-corrected chi connectivity index (χ2v) is 5.77. The number of para-hydroxylation sites is 1. The van der Waals surface area contributed by atoms with E-state index < -0.39 is 6.10 Å². The number of methoxy groups -OCH3 is 1. The zero-order chi connectivity index (χ0) is 15.9. The third kappa shape index (κ3) is 4.47. The average molecular weight is 320 g/mol. The van der Waals surface area contributed by atoms with Crippen LogP contribution < -0.4 is 10.1 Å². The number of hydrogen-bond donors (Lipinski definition) is 2. The quantitative estimate of drug-likeness (QED) is 0.819. The van der Waals surface area contributed by atoms with Crippen molar-refractivity contribution in [2.45, 2.75) is 25.5 Å². The standard InChI is InChI=1S/C18H22ClNO2/c1-13(11-14-7-3-5-9-16(14)19)20-12-17(21)15-8-4-6-10-18(15)22-2/h3-10,13,17,20-21H,11-12H2,1-2H3/t13?,17-/m0/s1. The lowest BCUT2D eigenvalue weighted by molar-refractivity contribution is 0.166. The summed E-state index contributed by atoms with van der Waals surface area (Å²) in [5.41, 5.74) is 1.90. The topological polar surface area (TPSA) is 41.5 Å². The Kier molecular flexibility index (Phi) is 6.25. The van der Waals surface area contributed by atoms with Crippen LogP contribution in [0.3, 0.4) is 0 Å². The Morgan fingerprint density at radius 2 is 1.82 bits per heavy atom. The minimum absolute atomic E-state index is 0.212. The van der Waals surface area contributed by atoms with Crippen LogP contribution in [-0.2, 0) is 6.42 Å². The first-order chi connectivity index (χ1) is 10.6. The van der Waals surface area contributed by atoms with Gasteiger partial charge in [-0.05, 0) is 31.0 Å². The maximum absolute atomic E-state index is 10.3. The third-order valence-electron chi connectivity index (χ3n) is 3.64. The predicted octanol–water partition coefficient (Wildman–Crippen LogP) is 3.60. The Labute approximate surface area is 136 Å². The monoisotopic (exact) mass is 319 g/mol. The molecule has 1 unspecified atom stereocenters. The van der Waals surface area contributed by atoms with Gasteiger partial charge in [-0.15, -0.1) is 0 Å². The van der Waals surface area contributed by atoms with Crippen LogP contribution >= 0.6 is 11.6 Å². The van der Waals surface area contributed by atoms with Crippen LogP contribution in [0.5, 0.6) is 5.75 Å². The highest BCUT2D eigenvalue weighted by Gasteiger charge is 2.14. The fraction of sp³-hybridized carbons (Fsp3) is 0.333. The number of benzene rings is 2. The Hall–Kier alpha value is -1.55. The van der Waals surface area contributed by atoms with E-state index in [9.17, 15) is 5.11 Å². The molecule has 3 nitrogen and oxygen atoms in total. The van der Waals surface area contributed by atoms with Crippen molar-refractivity contribution >= 4 is 11.6 Å². The van der Waals surface area contributed by atoms with E-state index in [4.69, 9.17) is 16.3 Å². The summed E-state index contributed by atoms with van der Waals surface area (Å²) in [5, 5.41) is 14.5. The van der Waals surface area contributed by atoms with Crippen LogP contribution in [-0.4, -0.2) is 24.8 Å². The van der Waals surface area contributed by atoms with Crippen LogP contribution in [0.4, 0.5) is 0 Å². The van der Waals surface area contributed by atoms with Gasteiger partial charge in [-0.1, -0.05) is 48.0 Å². The van der Waals surface area contributed by atoms with Gasteiger partial charge in [0.05, 0.1) is 13.2 Å². The largest absolute Gasteiger partial charge is 0.496 e. The van der Waals surface area contributed by atoms with E-state index in [0.29, 0.717) is 12.3 Å². The van der Waals surface area contributed by atoms with Crippen LogP contribution in [0.15, 0.2) is 48.5 Å². The van der Waals surface area contributed by atoms with Gasteiger partial charge in [0.25, 0.3) is 0 Å². The maximum Gasteiger partial charge on any atom is 0.124 e. The van der Waals surface area contributed by atoms with Crippen LogP contribution in [0.1, 0.15) is 24.2 Å². The van der Waals surface area contributed by atoms with Crippen LogP contribution in [0, 0.1) is 0 Å². The molecule has 2 rings (SSSR count). The van der Waals surface area contributed by atoms with Gasteiger partial charge >= 0.3 is 0 Å². The second-order valence-electron chi connectivity index (χ2n) is 5.36. The Morgan fingerprint density at radius 3 is 2.55 bits per heavy atom. The van der Waals surface area contributed by atoms with Crippen molar-refractivity contribution < 1.29 is 9.84 Å². The Morgan fingerprint density at radius 1 is 1.14 bits per heavy atom. The number of halogens is 1. The van der Waals surface area contributed by atoms with Gasteiger partial charge in [0.2, 0.25) is 0 Å². The molecular weight excluding hydrogens is 298 g/mol. The summed E-state index contributed by atoms with van der Waals surface area (Å²) >= 11 is 6.17. The third-order valence-corrected chi connectivity index (χ3v) is 4.01. The molecular formula is C18H22ClNO2. The molecule has 0 aliphatic carbocycles. The molecule has 118 valence electrons. The molecule has 4 heteroatoms. The van der Waals surface area contributed by atoms with Crippen molar-refractivity contribution in [1.82, 2.24) is 5.32 Å². The molecule has 0 aliphatic heterocycles. The molecule has 0 radical (unpaired) electrons. The van der Waals surface area contributed by atoms with E-state index in [1.807, 2.05) is 48.5 Å². The van der Waals surface area contributed by atoms with Crippen LogP contribution in [0.25, 0.3) is 0 Å². The zero-order valence-corrected chi connectivity index (χ0v) is 13.7. The molecule has 2 N–H and O–H groups in total. The molecule has 2 aromatic carbocycles. The second kappa shape index (κ2) is 8.18. The molecule has 0 spiro atoms. The first kappa shape index (κ1) is 16.8. The zero-order valence-electron chi connectivity index (χ0n) is 12.9. The van der Waals surface area contributed by atoms with Gasteiger partial charge in [-0.3, -0.25) is 0 Å². The number of aliphatic hydroxyl groups excluding tert-OH is 1. The lowest BCUT2D eigenvalue weighted by Crippen LogP contribution is -2.32. The molecule has 0 saturated heterocycles. The highest BCUT2D eigenvalue weighted by molar-refractivity contribution is 6.31. The summed E-state index contributed by atoms with van der Waals surface area (Å²) in [6.07, 6.45) is 0.211. The molecule has 0 aliphatic rings. The van der Waals surface area contributed by atoms with E-state index in [2.05, 4.69) is 12.2 Å². The summed E-state index contributed by atoms with van der Waals surface area (Å²) < 4.78 is 5.28. The van der Waals surface area contributed by atoms with Crippen molar-refractivity contribution in [3.63, 3.8) is 0 Å². The molecule has 0 amide bonds. The average Bonchev–Trinajstić information content (AvgIpc) is 2.54. The maximum atomic E-state index is 10.3. The molecule has 2 aromatic rings. The van der Waals surface area contributed by atoms with E-state index in [1.54, 1.807) is 7.11 Å². The van der Waals surface area contributed by atoms with Gasteiger partial charge in [-0.25, -0.2) is 0 Å². The molecule has 0 bridgehead atoms. The Bertz CT molecular complexity index is 603. The van der Waals surface area contributed by atoms with Crippen molar-refractivity contribution in [2.75, 3.05) is 13.7 Å². The van der Waals surface area contributed by atoms with E-state index >= 15 is 0 Å². The highest BCUT2D eigenvalue weighted by Crippen LogP contribution is 2.24. The fourth-order valence-corrected chi connectivity index (χ4v) is 2.64. The first-order valence-electron chi connectivity index (χ1n) is 7.39. The smallest absolute Gasteiger partial charge is 0.124 e. The van der Waals surface area contributed by atoms with Gasteiger partial charge in [0, 0.05) is 23.2 Å². The first-order valence-corrected chi connectivity index (χ1v) is 7.77. The summed E-state index contributed by atoms with van der Waals surface area (Å²) in [7, 11) is 1.61. The van der Waals surface area contributed by atoms with Crippen molar-refractivity contribution in [3.05, 3.63) is 64.7 Å². The number of hydrogen-bond acceptors (Lipinski definition) is 3. The van der Waals surface area contributed by atoms with E-state index in [1.165, 1.54) is 0 Å². The van der Waals surface area contributed by atoms with Gasteiger partial charge in [0.1, 0.15) is 5.75 Å². The van der Waals surface area contributed by atoms with E-state index in [0.717, 1.165) is 22.6 Å². The molecule has 0 saturated carbocycles. The molecule has 2 atom stereocenters. The molecule has 0 fully saturated rings. The minimum Gasteiger partial charge on any atom is -0.496 e. The predicted molar refractivity (Wildman–Crippen MR) is 90.6 cm³/mol. The number of aliphatic hydroxyl groups is 1. The number of ether oxygens (including phenoxy) is 1. The van der Waals surface area contributed by atoms with Gasteiger partial charge in [0.15, 0.2) is 0 Å². The van der Waals surface area contributed by atoms with Crippen molar-refractivity contribution in [1.29, 1.82) is 0 Å². The van der Waals surface area contributed by atoms with Crippen LogP contribution in [0.2, 0.25) is 5.02 Å². The van der Waals surface area contributed by atoms with E-state index in [-0.39, 0.29) is 6.04 Å². The number of nitrogens with one attached hydrogen (secondary N) is 1. The lowest BCUT2D eigenvalue weighted by atomic mass is 10.1. The molecule has 22 heavy (non-hydrogen) atoms. The summed E-state index contributed by atoms with van der Waals surface area (Å²) in [5.74, 6) is 0.704. The van der Waals surface area contributed by atoms with Crippen molar-refractivity contribution in [2.24, 2.45) is 0 Å². The SMILES string of the molecule is COc1ccccc1[C@@H](O)CNC(C)Cc1ccccc1Cl. The number of rotatable bonds is 7. The summed E-state index contributed by atoms with van der Waals surface area (Å²) in [6.45, 7) is 2.55. The molecule has 0 heterocycles. The van der Waals surface area contributed by atoms with Crippen molar-refractivity contribution in [3.8, 4) is 5.75 Å². The minimum atomic E-state index is -0.607. The van der Waals surface area contributed by atoms with Gasteiger partial charge < -0.3 is 15.2 Å².